The maximum absolute atomic E-state index is 12.6. The van der Waals surface area contributed by atoms with Gasteiger partial charge in [0.05, 0.1) is 14.9 Å². The largest absolute Gasteiger partial charge is 0.338 e. The average molecular weight is 427 g/mol. The van der Waals surface area contributed by atoms with Crippen molar-refractivity contribution in [3.05, 3.63) is 58.1 Å². The molecule has 1 saturated heterocycles. The zero-order chi connectivity index (χ0) is 19.6. The molecule has 27 heavy (non-hydrogen) atoms. The van der Waals surface area contributed by atoms with Gasteiger partial charge in [0.25, 0.3) is 15.9 Å². The van der Waals surface area contributed by atoms with Crippen molar-refractivity contribution in [1.29, 1.82) is 0 Å². The molecule has 0 bridgehead atoms. The number of halogens is 2. The van der Waals surface area contributed by atoms with Crippen LogP contribution in [0.4, 0.5) is 5.69 Å². The van der Waals surface area contributed by atoms with Gasteiger partial charge in [-0.05, 0) is 61.2 Å². The molecule has 0 aliphatic carbocycles. The first kappa shape index (κ1) is 20.0. The van der Waals surface area contributed by atoms with Crippen molar-refractivity contribution in [2.75, 3.05) is 17.8 Å². The van der Waals surface area contributed by atoms with Crippen LogP contribution in [0.25, 0.3) is 0 Å². The summed E-state index contributed by atoms with van der Waals surface area (Å²) in [6.07, 6.45) is 2.15. The van der Waals surface area contributed by atoms with Gasteiger partial charge in [0.2, 0.25) is 0 Å². The molecular weight excluding hydrogens is 407 g/mol. The van der Waals surface area contributed by atoms with Crippen LogP contribution in [-0.4, -0.2) is 32.3 Å². The number of hydrogen-bond acceptors (Lipinski definition) is 3. The first-order chi connectivity index (χ1) is 12.8. The van der Waals surface area contributed by atoms with Crippen molar-refractivity contribution in [3.63, 3.8) is 0 Å². The van der Waals surface area contributed by atoms with E-state index in [1.165, 1.54) is 18.2 Å². The van der Waals surface area contributed by atoms with Gasteiger partial charge in [-0.15, -0.1) is 0 Å². The SMILES string of the molecule is CC1CCCN(C(=O)c2ccc(NS(=O)(=O)c3ccc(Cl)c(Cl)c3)cc2)C1. The van der Waals surface area contributed by atoms with Crippen LogP contribution in [0.3, 0.4) is 0 Å². The van der Waals surface area contributed by atoms with E-state index >= 15 is 0 Å². The Bertz CT molecular complexity index is 946. The van der Waals surface area contributed by atoms with E-state index in [-0.39, 0.29) is 20.8 Å². The molecule has 2 aromatic carbocycles. The first-order valence-electron chi connectivity index (χ1n) is 8.63. The summed E-state index contributed by atoms with van der Waals surface area (Å²) in [6.45, 7) is 3.65. The zero-order valence-corrected chi connectivity index (χ0v) is 17.1. The molecule has 144 valence electrons. The van der Waals surface area contributed by atoms with Gasteiger partial charge in [-0.25, -0.2) is 8.42 Å². The van der Waals surface area contributed by atoms with Crippen LogP contribution >= 0.6 is 23.2 Å². The van der Waals surface area contributed by atoms with E-state index in [9.17, 15) is 13.2 Å². The number of nitrogens with one attached hydrogen (secondary N) is 1. The Hall–Kier alpha value is -1.76. The molecule has 1 N–H and O–H groups in total. The minimum absolute atomic E-state index is 0.0133. The molecule has 0 saturated carbocycles. The number of anilines is 1. The summed E-state index contributed by atoms with van der Waals surface area (Å²) in [7, 11) is -3.80. The van der Waals surface area contributed by atoms with Crippen LogP contribution in [-0.2, 0) is 10.0 Å². The van der Waals surface area contributed by atoms with Gasteiger partial charge in [-0.3, -0.25) is 9.52 Å². The Labute approximate surface area is 169 Å². The fourth-order valence-corrected chi connectivity index (χ4v) is 4.54. The molecule has 1 atom stereocenters. The van der Waals surface area contributed by atoms with Crippen LogP contribution in [0, 0.1) is 5.92 Å². The lowest BCUT2D eigenvalue weighted by Crippen LogP contribution is -2.39. The number of likely N-dealkylation sites (tertiary alicyclic amines) is 1. The normalized spacial score (nSPS) is 17.6. The van der Waals surface area contributed by atoms with E-state index in [0.29, 0.717) is 17.2 Å². The highest BCUT2D eigenvalue weighted by Crippen LogP contribution is 2.26. The topological polar surface area (TPSA) is 66.5 Å². The fraction of sp³-hybridized carbons (Fsp3) is 0.316. The lowest BCUT2D eigenvalue weighted by atomic mass is 9.99. The Kier molecular flexibility index (Phi) is 5.99. The van der Waals surface area contributed by atoms with Crippen molar-refractivity contribution in [3.8, 4) is 0 Å². The summed E-state index contributed by atoms with van der Waals surface area (Å²) < 4.78 is 27.4. The van der Waals surface area contributed by atoms with Crippen molar-refractivity contribution >= 4 is 44.8 Å². The molecule has 1 heterocycles. The van der Waals surface area contributed by atoms with Gasteiger partial charge >= 0.3 is 0 Å². The highest BCUT2D eigenvalue weighted by atomic mass is 35.5. The molecule has 8 heteroatoms. The lowest BCUT2D eigenvalue weighted by Gasteiger charge is -2.31. The lowest BCUT2D eigenvalue weighted by molar-refractivity contribution is 0.0683. The van der Waals surface area contributed by atoms with E-state index in [1.54, 1.807) is 24.3 Å². The minimum atomic E-state index is -3.80. The number of piperidine rings is 1. The van der Waals surface area contributed by atoms with Crippen molar-refractivity contribution < 1.29 is 13.2 Å². The Balaban J connectivity index is 1.73. The third kappa shape index (κ3) is 4.75. The van der Waals surface area contributed by atoms with Gasteiger partial charge in [0, 0.05) is 24.3 Å². The van der Waals surface area contributed by atoms with Gasteiger partial charge in [-0.2, -0.15) is 0 Å². The minimum Gasteiger partial charge on any atom is -0.338 e. The fourth-order valence-electron chi connectivity index (χ4n) is 3.10. The van der Waals surface area contributed by atoms with E-state index in [1.807, 2.05) is 4.90 Å². The van der Waals surface area contributed by atoms with Crippen molar-refractivity contribution in [2.45, 2.75) is 24.7 Å². The summed E-state index contributed by atoms with van der Waals surface area (Å²) in [4.78, 5) is 14.5. The molecule has 0 spiro atoms. The monoisotopic (exact) mass is 426 g/mol. The van der Waals surface area contributed by atoms with Gasteiger partial charge < -0.3 is 4.90 Å². The summed E-state index contributed by atoms with van der Waals surface area (Å²) >= 11 is 11.7. The second-order valence-electron chi connectivity index (χ2n) is 6.76. The molecule has 1 unspecified atom stereocenters. The van der Waals surface area contributed by atoms with E-state index in [0.717, 1.165) is 25.9 Å². The number of sulfonamides is 1. The van der Waals surface area contributed by atoms with Gasteiger partial charge in [-0.1, -0.05) is 30.1 Å². The summed E-state index contributed by atoms with van der Waals surface area (Å²) in [5.41, 5.74) is 0.909. The van der Waals surface area contributed by atoms with Crippen molar-refractivity contribution in [1.82, 2.24) is 4.90 Å². The summed E-state index contributed by atoms with van der Waals surface area (Å²) in [5.74, 6) is 0.473. The maximum Gasteiger partial charge on any atom is 0.261 e. The number of amides is 1. The van der Waals surface area contributed by atoms with Crippen LogP contribution in [0.5, 0.6) is 0 Å². The molecule has 0 radical (unpaired) electrons. The van der Waals surface area contributed by atoms with Crippen LogP contribution in [0.2, 0.25) is 10.0 Å². The van der Waals surface area contributed by atoms with E-state index < -0.39 is 10.0 Å². The Morgan fingerprint density at radius 3 is 2.44 bits per heavy atom. The molecule has 1 aliphatic rings. The number of carbonyl (C=O) groups excluding carboxylic acids is 1. The smallest absolute Gasteiger partial charge is 0.261 e. The predicted molar refractivity (Wildman–Crippen MR) is 108 cm³/mol. The highest BCUT2D eigenvalue weighted by molar-refractivity contribution is 7.92. The van der Waals surface area contributed by atoms with Crippen LogP contribution < -0.4 is 4.72 Å². The highest BCUT2D eigenvalue weighted by Gasteiger charge is 2.22. The predicted octanol–water partition coefficient (Wildman–Crippen LogP) is 4.67. The molecule has 5 nitrogen and oxygen atoms in total. The number of rotatable bonds is 4. The maximum atomic E-state index is 12.6. The molecule has 1 amide bonds. The molecule has 1 fully saturated rings. The number of benzene rings is 2. The summed E-state index contributed by atoms with van der Waals surface area (Å²) in [6, 6.07) is 10.5. The number of hydrogen-bond donors (Lipinski definition) is 1. The second kappa shape index (κ2) is 8.09. The molecule has 0 aromatic heterocycles. The zero-order valence-electron chi connectivity index (χ0n) is 14.8. The van der Waals surface area contributed by atoms with Gasteiger partial charge in [0.1, 0.15) is 0 Å². The molecule has 1 aliphatic heterocycles. The van der Waals surface area contributed by atoms with E-state index in [2.05, 4.69) is 11.6 Å². The second-order valence-corrected chi connectivity index (χ2v) is 9.25. The van der Waals surface area contributed by atoms with Gasteiger partial charge in [0.15, 0.2) is 0 Å². The Morgan fingerprint density at radius 2 is 1.81 bits per heavy atom. The average Bonchev–Trinajstić information content (AvgIpc) is 2.63. The number of carbonyl (C=O) groups is 1. The van der Waals surface area contributed by atoms with Crippen LogP contribution in [0.15, 0.2) is 47.4 Å². The molecule has 2 aromatic rings. The summed E-state index contributed by atoms with van der Waals surface area (Å²) in [5, 5.41) is 0.446. The third-order valence-corrected chi connectivity index (χ3v) is 6.65. The Morgan fingerprint density at radius 1 is 1.11 bits per heavy atom. The first-order valence-corrected chi connectivity index (χ1v) is 10.9. The standard InChI is InChI=1S/C19H20Cl2N2O3S/c1-13-3-2-10-23(12-13)19(24)14-4-6-15(7-5-14)22-27(25,26)16-8-9-17(20)18(21)11-16/h4-9,11,13,22H,2-3,10,12H2,1H3. The quantitative estimate of drug-likeness (QED) is 0.772. The van der Waals surface area contributed by atoms with E-state index in [4.69, 9.17) is 23.2 Å². The third-order valence-electron chi connectivity index (χ3n) is 4.53. The van der Waals surface area contributed by atoms with Crippen molar-refractivity contribution in [2.24, 2.45) is 5.92 Å². The number of nitrogens with zero attached hydrogens (tertiary/aromatic N) is 1. The molecular formula is C19H20Cl2N2O3S. The molecule has 3 rings (SSSR count). The van der Waals surface area contributed by atoms with Crippen LogP contribution in [0.1, 0.15) is 30.1 Å².